The van der Waals surface area contributed by atoms with E-state index in [2.05, 4.69) is 9.72 Å². The van der Waals surface area contributed by atoms with E-state index in [0.717, 1.165) is 0 Å². The first kappa shape index (κ1) is 12.4. The lowest BCUT2D eigenvalue weighted by atomic mass is 10.3. The molecule has 5 nitrogen and oxygen atoms in total. The van der Waals surface area contributed by atoms with E-state index < -0.39 is 17.9 Å². The average Bonchev–Trinajstić information content (AvgIpc) is 2.19. The van der Waals surface area contributed by atoms with Crippen molar-refractivity contribution >= 4 is 5.82 Å². The summed E-state index contributed by atoms with van der Waals surface area (Å²) < 4.78 is 44.5. The van der Waals surface area contributed by atoms with Gasteiger partial charge in [-0.1, -0.05) is 0 Å². The Morgan fingerprint density at radius 1 is 1.44 bits per heavy atom. The third kappa shape index (κ3) is 2.89. The SMILES string of the molecule is COc1cc(CN)nc(N)c1OC(F)(F)F. The van der Waals surface area contributed by atoms with Gasteiger partial charge in [0.2, 0.25) is 5.75 Å². The van der Waals surface area contributed by atoms with E-state index in [-0.39, 0.29) is 12.3 Å². The molecule has 0 fully saturated rings. The van der Waals surface area contributed by atoms with Crippen molar-refractivity contribution < 1.29 is 22.6 Å². The molecule has 0 aromatic carbocycles. The second-order valence-corrected chi connectivity index (χ2v) is 2.78. The zero-order valence-electron chi connectivity index (χ0n) is 8.34. The van der Waals surface area contributed by atoms with Crippen LogP contribution in [0.25, 0.3) is 0 Å². The highest BCUT2D eigenvalue weighted by atomic mass is 19.4. The average molecular weight is 237 g/mol. The van der Waals surface area contributed by atoms with Crippen molar-refractivity contribution in [3.63, 3.8) is 0 Å². The Balaban J connectivity index is 3.16. The van der Waals surface area contributed by atoms with Crippen LogP contribution in [-0.4, -0.2) is 18.5 Å². The molecule has 0 aliphatic heterocycles. The second-order valence-electron chi connectivity index (χ2n) is 2.78. The van der Waals surface area contributed by atoms with Crippen LogP contribution in [-0.2, 0) is 6.54 Å². The van der Waals surface area contributed by atoms with Crippen LogP contribution in [0.1, 0.15) is 5.69 Å². The quantitative estimate of drug-likeness (QED) is 0.820. The highest BCUT2D eigenvalue weighted by Gasteiger charge is 2.34. The fourth-order valence-electron chi connectivity index (χ4n) is 1.06. The van der Waals surface area contributed by atoms with E-state index in [4.69, 9.17) is 16.2 Å². The molecule has 4 N–H and O–H groups in total. The molecule has 1 heterocycles. The standard InChI is InChI=1S/C8H10F3N3O2/c1-15-5-2-4(3-12)14-7(13)6(5)16-8(9,10)11/h2H,3,12H2,1H3,(H2,13,14). The molecule has 0 amide bonds. The van der Waals surface area contributed by atoms with Gasteiger partial charge in [-0.2, -0.15) is 0 Å². The minimum Gasteiger partial charge on any atom is -0.493 e. The lowest BCUT2D eigenvalue weighted by molar-refractivity contribution is -0.274. The third-order valence-electron chi connectivity index (χ3n) is 1.67. The number of alkyl halides is 3. The molecule has 0 saturated heterocycles. The van der Waals surface area contributed by atoms with Gasteiger partial charge in [0.25, 0.3) is 0 Å². The molecule has 90 valence electrons. The largest absolute Gasteiger partial charge is 0.573 e. The van der Waals surface area contributed by atoms with Crippen LogP contribution in [0.4, 0.5) is 19.0 Å². The molecule has 1 rings (SSSR count). The Morgan fingerprint density at radius 2 is 2.06 bits per heavy atom. The molecule has 0 aliphatic rings. The topological polar surface area (TPSA) is 83.4 Å². The lowest BCUT2D eigenvalue weighted by Gasteiger charge is -2.14. The number of hydrogen-bond acceptors (Lipinski definition) is 5. The highest BCUT2D eigenvalue weighted by Crippen LogP contribution is 2.36. The van der Waals surface area contributed by atoms with E-state index >= 15 is 0 Å². The van der Waals surface area contributed by atoms with Crippen LogP contribution in [0.2, 0.25) is 0 Å². The predicted molar refractivity (Wildman–Crippen MR) is 49.8 cm³/mol. The van der Waals surface area contributed by atoms with Crippen molar-refractivity contribution in [3.8, 4) is 11.5 Å². The number of anilines is 1. The number of halogens is 3. The summed E-state index contributed by atoms with van der Waals surface area (Å²) in [7, 11) is 1.19. The Labute approximate surface area is 89.1 Å². The third-order valence-corrected chi connectivity index (χ3v) is 1.67. The summed E-state index contributed by atoms with van der Waals surface area (Å²) in [5, 5.41) is 0. The number of hydrogen-bond donors (Lipinski definition) is 2. The van der Waals surface area contributed by atoms with Gasteiger partial charge in [-0.25, -0.2) is 4.98 Å². The lowest BCUT2D eigenvalue weighted by Crippen LogP contribution is -2.19. The summed E-state index contributed by atoms with van der Waals surface area (Å²) in [4.78, 5) is 3.63. The molecular weight excluding hydrogens is 227 g/mol. The van der Waals surface area contributed by atoms with Crippen LogP contribution in [0, 0.1) is 0 Å². The Kier molecular flexibility index (Phi) is 3.43. The van der Waals surface area contributed by atoms with Crippen molar-refractivity contribution in [1.82, 2.24) is 4.98 Å². The zero-order valence-corrected chi connectivity index (χ0v) is 8.34. The molecule has 16 heavy (non-hydrogen) atoms. The number of pyridine rings is 1. The summed E-state index contributed by atoms with van der Waals surface area (Å²) in [6, 6.07) is 1.23. The van der Waals surface area contributed by atoms with Gasteiger partial charge in [0.15, 0.2) is 11.6 Å². The molecule has 0 aliphatic carbocycles. The van der Waals surface area contributed by atoms with Gasteiger partial charge >= 0.3 is 6.36 Å². The number of aromatic nitrogens is 1. The van der Waals surface area contributed by atoms with Crippen molar-refractivity contribution in [2.24, 2.45) is 5.73 Å². The molecule has 0 spiro atoms. The number of ether oxygens (including phenoxy) is 2. The predicted octanol–water partition coefficient (Wildman–Crippen LogP) is 1.03. The molecule has 1 aromatic rings. The fraction of sp³-hybridized carbons (Fsp3) is 0.375. The first-order valence-corrected chi connectivity index (χ1v) is 4.16. The molecule has 0 unspecified atom stereocenters. The van der Waals surface area contributed by atoms with Crippen LogP contribution in [0.15, 0.2) is 6.07 Å². The minimum atomic E-state index is -4.85. The smallest absolute Gasteiger partial charge is 0.493 e. The van der Waals surface area contributed by atoms with Crippen LogP contribution < -0.4 is 20.9 Å². The molecule has 0 atom stereocenters. The fourth-order valence-corrected chi connectivity index (χ4v) is 1.06. The number of nitrogens with zero attached hydrogens (tertiary/aromatic N) is 1. The van der Waals surface area contributed by atoms with Crippen molar-refractivity contribution in [1.29, 1.82) is 0 Å². The molecule has 0 saturated carbocycles. The summed E-state index contributed by atoms with van der Waals surface area (Å²) in [6.07, 6.45) is -4.85. The van der Waals surface area contributed by atoms with Crippen LogP contribution in [0.5, 0.6) is 11.5 Å². The molecule has 0 radical (unpaired) electrons. The molecule has 8 heteroatoms. The number of nitrogen functional groups attached to an aromatic ring is 1. The normalized spacial score (nSPS) is 11.3. The van der Waals surface area contributed by atoms with Gasteiger partial charge in [0.05, 0.1) is 12.8 Å². The minimum absolute atomic E-state index is 0.0346. The van der Waals surface area contributed by atoms with Crippen molar-refractivity contribution in [3.05, 3.63) is 11.8 Å². The van der Waals surface area contributed by atoms with Crippen molar-refractivity contribution in [2.45, 2.75) is 12.9 Å². The maximum Gasteiger partial charge on any atom is 0.573 e. The van der Waals surface area contributed by atoms with Gasteiger partial charge in [0.1, 0.15) is 0 Å². The second kappa shape index (κ2) is 4.44. The Morgan fingerprint density at radius 3 is 2.50 bits per heavy atom. The molecular formula is C8H10F3N3O2. The maximum absolute atomic E-state index is 12.0. The van der Waals surface area contributed by atoms with Crippen LogP contribution in [0.3, 0.4) is 0 Å². The summed E-state index contributed by atoms with van der Waals surface area (Å²) in [6.45, 7) is 0.0346. The monoisotopic (exact) mass is 237 g/mol. The van der Waals surface area contributed by atoms with E-state index in [1.54, 1.807) is 0 Å². The Hall–Kier alpha value is -1.70. The summed E-state index contributed by atoms with van der Waals surface area (Å²) in [5.74, 6) is -1.24. The van der Waals surface area contributed by atoms with Gasteiger partial charge < -0.3 is 20.9 Å². The first-order chi connectivity index (χ1) is 7.37. The molecule has 0 bridgehead atoms. The van der Waals surface area contributed by atoms with E-state index in [9.17, 15) is 13.2 Å². The van der Waals surface area contributed by atoms with Gasteiger partial charge in [-0.3, -0.25) is 0 Å². The first-order valence-electron chi connectivity index (χ1n) is 4.16. The van der Waals surface area contributed by atoms with Crippen molar-refractivity contribution in [2.75, 3.05) is 12.8 Å². The zero-order chi connectivity index (χ0) is 12.3. The number of methoxy groups -OCH3 is 1. The highest BCUT2D eigenvalue weighted by molar-refractivity contribution is 5.56. The number of rotatable bonds is 3. The van der Waals surface area contributed by atoms with Gasteiger partial charge in [-0.15, -0.1) is 13.2 Å². The van der Waals surface area contributed by atoms with E-state index in [1.807, 2.05) is 0 Å². The summed E-state index contributed by atoms with van der Waals surface area (Å²) >= 11 is 0. The van der Waals surface area contributed by atoms with Gasteiger partial charge in [-0.05, 0) is 0 Å². The summed E-state index contributed by atoms with van der Waals surface area (Å²) in [5.41, 5.74) is 10.9. The Bertz CT molecular complexity index is 382. The number of nitrogens with two attached hydrogens (primary N) is 2. The maximum atomic E-state index is 12.0. The van der Waals surface area contributed by atoms with Crippen LogP contribution >= 0.6 is 0 Å². The van der Waals surface area contributed by atoms with E-state index in [1.165, 1.54) is 13.2 Å². The van der Waals surface area contributed by atoms with Gasteiger partial charge in [0, 0.05) is 12.6 Å². The van der Waals surface area contributed by atoms with E-state index in [0.29, 0.717) is 5.69 Å². The molecule has 1 aromatic heterocycles.